The van der Waals surface area contributed by atoms with Crippen molar-refractivity contribution in [3.63, 3.8) is 0 Å². The molecule has 0 bridgehead atoms. The molecule has 0 spiro atoms. The molecule has 4 N–H and O–H groups in total. The van der Waals surface area contributed by atoms with E-state index in [0.29, 0.717) is 29.2 Å². The van der Waals surface area contributed by atoms with Gasteiger partial charge in [0.15, 0.2) is 17.4 Å². The van der Waals surface area contributed by atoms with E-state index in [1.807, 2.05) is 25.1 Å². The Labute approximate surface area is 178 Å². The second kappa shape index (κ2) is 8.12. The minimum atomic E-state index is -3.31. The molecule has 0 fully saturated rings. The zero-order valence-electron chi connectivity index (χ0n) is 17.0. The lowest BCUT2D eigenvalue weighted by molar-refractivity contribution is 0.432. The Bertz CT molecular complexity index is 1360. The van der Waals surface area contributed by atoms with E-state index in [1.165, 1.54) is 12.1 Å². The van der Waals surface area contributed by atoms with Gasteiger partial charge in [-0.15, -0.1) is 0 Å². The first-order valence-corrected chi connectivity index (χ1v) is 11.5. The number of H-pyrrole nitrogens is 2. The Balaban J connectivity index is 1.66. The summed E-state index contributed by atoms with van der Waals surface area (Å²) in [6, 6.07) is 8.39. The minimum Gasteiger partial charge on any atom is -0.505 e. The lowest BCUT2D eigenvalue weighted by atomic mass is 9.96. The van der Waals surface area contributed by atoms with Gasteiger partial charge in [-0.05, 0) is 54.3 Å². The zero-order valence-corrected chi connectivity index (χ0v) is 17.8. The SMILES string of the molecule is CCc1cc(O)c(F)cc1-c1ccc2c(-c3nc(CNS(=O)(=O)CC)c[nH]3)n[nH]c2c1. The van der Waals surface area contributed by atoms with Gasteiger partial charge in [0.2, 0.25) is 10.0 Å². The number of benzene rings is 2. The van der Waals surface area contributed by atoms with Gasteiger partial charge in [0.05, 0.1) is 23.5 Å². The molecule has 0 saturated heterocycles. The average Bonchev–Trinajstić information content (AvgIpc) is 3.40. The standard InChI is InChI=1S/C21H22FN5O3S/c1-3-12-8-19(28)17(22)9-16(12)13-5-6-15-18(7-13)26-27-20(15)21-23-10-14(25-21)11-24-31(29,30)4-2/h5-10,24,28H,3-4,11H2,1-2H3,(H,23,25)(H,26,27). The first kappa shape index (κ1) is 21.0. The number of imidazole rings is 1. The number of rotatable bonds is 7. The van der Waals surface area contributed by atoms with Gasteiger partial charge >= 0.3 is 0 Å². The van der Waals surface area contributed by atoms with Crippen LogP contribution in [0.25, 0.3) is 33.5 Å². The molecule has 0 atom stereocenters. The molecule has 0 radical (unpaired) electrons. The van der Waals surface area contributed by atoms with Crippen LogP contribution >= 0.6 is 0 Å². The van der Waals surface area contributed by atoms with Gasteiger partial charge in [0.1, 0.15) is 5.69 Å². The summed E-state index contributed by atoms with van der Waals surface area (Å²) >= 11 is 0. The first-order chi connectivity index (χ1) is 14.8. The summed E-state index contributed by atoms with van der Waals surface area (Å²) in [6.45, 7) is 3.60. The van der Waals surface area contributed by atoms with E-state index in [4.69, 9.17) is 0 Å². The van der Waals surface area contributed by atoms with Crippen molar-refractivity contribution in [3.05, 3.63) is 53.6 Å². The number of aromatic nitrogens is 4. The highest BCUT2D eigenvalue weighted by Gasteiger charge is 2.15. The highest BCUT2D eigenvalue weighted by molar-refractivity contribution is 7.89. The predicted octanol–water partition coefficient (Wildman–Crippen LogP) is 3.47. The molecule has 0 aliphatic carbocycles. The Morgan fingerprint density at radius 1 is 1.19 bits per heavy atom. The van der Waals surface area contributed by atoms with Crippen LogP contribution in [0.4, 0.5) is 4.39 Å². The van der Waals surface area contributed by atoms with Crippen molar-refractivity contribution in [1.29, 1.82) is 0 Å². The highest BCUT2D eigenvalue weighted by Crippen LogP contribution is 2.33. The van der Waals surface area contributed by atoms with E-state index in [-0.39, 0.29) is 18.0 Å². The Morgan fingerprint density at radius 2 is 2.00 bits per heavy atom. The number of aryl methyl sites for hydroxylation is 1. The summed E-state index contributed by atoms with van der Waals surface area (Å²) in [5.41, 5.74) is 4.23. The summed E-state index contributed by atoms with van der Waals surface area (Å²) in [4.78, 5) is 7.45. The molecule has 2 aromatic carbocycles. The molecule has 2 heterocycles. The van der Waals surface area contributed by atoms with Gasteiger partial charge in [-0.2, -0.15) is 5.10 Å². The lowest BCUT2D eigenvalue weighted by Gasteiger charge is -2.10. The smallest absolute Gasteiger partial charge is 0.211 e. The van der Waals surface area contributed by atoms with Gasteiger partial charge in [0, 0.05) is 11.6 Å². The monoisotopic (exact) mass is 443 g/mol. The number of phenols is 1. The maximum Gasteiger partial charge on any atom is 0.211 e. The zero-order chi connectivity index (χ0) is 22.2. The Morgan fingerprint density at radius 3 is 2.74 bits per heavy atom. The largest absolute Gasteiger partial charge is 0.505 e. The van der Waals surface area contributed by atoms with E-state index in [2.05, 4.69) is 24.9 Å². The van der Waals surface area contributed by atoms with Crippen molar-refractivity contribution in [2.75, 3.05) is 5.75 Å². The number of aromatic amines is 2. The van der Waals surface area contributed by atoms with Crippen molar-refractivity contribution < 1.29 is 17.9 Å². The number of sulfonamides is 1. The molecule has 10 heteroatoms. The normalized spacial score (nSPS) is 12.0. The van der Waals surface area contributed by atoms with Gasteiger partial charge in [-0.1, -0.05) is 13.0 Å². The number of phenolic OH excluding ortho intramolecular Hbond substituents is 1. The van der Waals surface area contributed by atoms with Crippen LogP contribution in [0.5, 0.6) is 5.75 Å². The molecule has 0 unspecified atom stereocenters. The van der Waals surface area contributed by atoms with Gasteiger partial charge < -0.3 is 10.1 Å². The van der Waals surface area contributed by atoms with Crippen molar-refractivity contribution in [2.24, 2.45) is 0 Å². The Hall–Kier alpha value is -3.24. The van der Waals surface area contributed by atoms with Crippen LogP contribution in [0.15, 0.2) is 36.5 Å². The van der Waals surface area contributed by atoms with Crippen molar-refractivity contribution in [1.82, 2.24) is 24.9 Å². The predicted molar refractivity (Wildman–Crippen MR) is 116 cm³/mol. The third kappa shape index (κ3) is 4.17. The molecular weight excluding hydrogens is 421 g/mol. The van der Waals surface area contributed by atoms with Crippen LogP contribution in [0.2, 0.25) is 0 Å². The van der Waals surface area contributed by atoms with E-state index in [9.17, 15) is 17.9 Å². The number of halogens is 1. The molecule has 4 rings (SSSR count). The number of fused-ring (bicyclic) bond motifs is 1. The van der Waals surface area contributed by atoms with E-state index in [0.717, 1.165) is 22.0 Å². The maximum atomic E-state index is 14.0. The van der Waals surface area contributed by atoms with Gasteiger partial charge in [-0.3, -0.25) is 5.10 Å². The van der Waals surface area contributed by atoms with Crippen molar-refractivity contribution >= 4 is 20.9 Å². The minimum absolute atomic E-state index is 0.00128. The fourth-order valence-electron chi connectivity index (χ4n) is 3.39. The van der Waals surface area contributed by atoms with E-state index >= 15 is 0 Å². The number of hydrogen-bond donors (Lipinski definition) is 4. The molecule has 0 aliphatic heterocycles. The molecule has 0 saturated carbocycles. The lowest BCUT2D eigenvalue weighted by Crippen LogP contribution is -2.24. The van der Waals surface area contributed by atoms with Crippen LogP contribution in [0.1, 0.15) is 25.1 Å². The number of hydrogen-bond acceptors (Lipinski definition) is 5. The molecular formula is C21H22FN5O3S. The molecule has 31 heavy (non-hydrogen) atoms. The fourth-order valence-corrected chi connectivity index (χ4v) is 3.96. The van der Waals surface area contributed by atoms with Crippen molar-refractivity contribution in [3.8, 4) is 28.4 Å². The maximum absolute atomic E-state index is 14.0. The number of aromatic hydroxyl groups is 1. The molecule has 8 nitrogen and oxygen atoms in total. The Kier molecular flexibility index (Phi) is 5.50. The summed E-state index contributed by atoms with van der Waals surface area (Å²) in [7, 11) is -3.31. The molecule has 4 aromatic rings. The van der Waals surface area contributed by atoms with Crippen LogP contribution in [0.3, 0.4) is 0 Å². The van der Waals surface area contributed by atoms with Crippen LogP contribution in [-0.4, -0.2) is 39.4 Å². The molecule has 0 amide bonds. The summed E-state index contributed by atoms with van der Waals surface area (Å²) < 4.78 is 39.7. The van der Waals surface area contributed by atoms with E-state index < -0.39 is 15.8 Å². The van der Waals surface area contributed by atoms with Gasteiger partial charge in [0.25, 0.3) is 0 Å². The number of nitrogens with zero attached hydrogens (tertiary/aromatic N) is 2. The average molecular weight is 444 g/mol. The van der Waals surface area contributed by atoms with Crippen LogP contribution in [0, 0.1) is 5.82 Å². The van der Waals surface area contributed by atoms with Crippen molar-refractivity contribution in [2.45, 2.75) is 26.8 Å². The van der Waals surface area contributed by atoms with E-state index in [1.54, 1.807) is 13.1 Å². The quantitative estimate of drug-likeness (QED) is 0.348. The second-order valence-electron chi connectivity index (χ2n) is 7.11. The summed E-state index contributed by atoms with van der Waals surface area (Å²) in [5.74, 6) is -0.518. The van der Waals surface area contributed by atoms with Gasteiger partial charge in [-0.25, -0.2) is 22.5 Å². The van der Waals surface area contributed by atoms with Crippen LogP contribution in [-0.2, 0) is 23.0 Å². The fraction of sp³-hybridized carbons (Fsp3) is 0.238. The molecule has 162 valence electrons. The summed E-state index contributed by atoms with van der Waals surface area (Å²) in [6.07, 6.45) is 2.28. The second-order valence-corrected chi connectivity index (χ2v) is 9.21. The third-order valence-electron chi connectivity index (χ3n) is 5.14. The summed E-state index contributed by atoms with van der Waals surface area (Å²) in [5, 5.41) is 17.8. The third-order valence-corrected chi connectivity index (χ3v) is 6.48. The molecule has 0 aliphatic rings. The number of nitrogens with one attached hydrogen (secondary N) is 3. The van der Waals surface area contributed by atoms with Crippen LogP contribution < -0.4 is 4.72 Å². The topological polar surface area (TPSA) is 124 Å². The molecule has 2 aromatic heterocycles. The highest BCUT2D eigenvalue weighted by atomic mass is 32.2. The first-order valence-electron chi connectivity index (χ1n) is 9.83.